The van der Waals surface area contributed by atoms with Gasteiger partial charge < -0.3 is 9.47 Å². The zero-order chi connectivity index (χ0) is 8.60. The second-order valence-corrected chi connectivity index (χ2v) is 4.27. The van der Waals surface area contributed by atoms with Gasteiger partial charge in [0.15, 0.2) is 0 Å². The van der Waals surface area contributed by atoms with Gasteiger partial charge in [-0.1, -0.05) is 0 Å². The van der Waals surface area contributed by atoms with Crippen molar-refractivity contribution < 1.29 is 9.47 Å². The number of ether oxygens (including phenoxy) is 2. The fourth-order valence-electron chi connectivity index (χ4n) is 1.65. The van der Waals surface area contributed by atoms with Crippen LogP contribution in [-0.4, -0.2) is 49.5 Å². The van der Waals surface area contributed by atoms with Gasteiger partial charge in [-0.3, -0.25) is 4.90 Å². The third kappa shape index (κ3) is 1.79. The van der Waals surface area contributed by atoms with Gasteiger partial charge in [-0.25, -0.2) is 0 Å². The normalized spacial score (nSPS) is 35.0. The van der Waals surface area contributed by atoms with Crippen molar-refractivity contribution in [3.8, 4) is 0 Å². The zero-order valence-electron chi connectivity index (χ0n) is 7.88. The second kappa shape index (κ2) is 2.98. The lowest BCUT2D eigenvalue weighted by molar-refractivity contribution is -0.0530. The van der Waals surface area contributed by atoms with Crippen molar-refractivity contribution in [2.75, 3.05) is 32.9 Å². The van der Waals surface area contributed by atoms with E-state index < -0.39 is 0 Å². The molecule has 0 aromatic heterocycles. The Balaban J connectivity index is 1.90. The first-order valence-corrected chi connectivity index (χ1v) is 4.63. The second-order valence-electron chi connectivity index (χ2n) is 4.27. The molecule has 3 heteroatoms. The van der Waals surface area contributed by atoms with E-state index in [0.717, 1.165) is 32.9 Å². The highest BCUT2D eigenvalue weighted by Gasteiger charge is 2.35. The van der Waals surface area contributed by atoms with Gasteiger partial charge in [0, 0.05) is 18.6 Å². The van der Waals surface area contributed by atoms with E-state index in [4.69, 9.17) is 9.47 Å². The van der Waals surface area contributed by atoms with Crippen molar-refractivity contribution in [2.45, 2.75) is 25.5 Å². The van der Waals surface area contributed by atoms with Crippen molar-refractivity contribution in [2.24, 2.45) is 0 Å². The van der Waals surface area contributed by atoms with Crippen LogP contribution in [-0.2, 0) is 9.47 Å². The van der Waals surface area contributed by atoms with Crippen LogP contribution in [0, 0.1) is 0 Å². The highest BCUT2D eigenvalue weighted by atomic mass is 16.6. The summed E-state index contributed by atoms with van der Waals surface area (Å²) in [4.78, 5) is 2.47. The van der Waals surface area contributed by atoms with E-state index in [0.29, 0.717) is 6.10 Å². The zero-order valence-corrected chi connectivity index (χ0v) is 7.88. The van der Waals surface area contributed by atoms with Crippen LogP contribution in [0.25, 0.3) is 0 Å². The quantitative estimate of drug-likeness (QED) is 0.565. The molecule has 0 amide bonds. The Morgan fingerprint density at radius 2 is 2.25 bits per heavy atom. The van der Waals surface area contributed by atoms with Gasteiger partial charge in [0.25, 0.3) is 0 Å². The van der Waals surface area contributed by atoms with Crippen LogP contribution in [0.4, 0.5) is 0 Å². The molecule has 2 aliphatic heterocycles. The molecule has 2 fully saturated rings. The summed E-state index contributed by atoms with van der Waals surface area (Å²) in [6.45, 7) is 9.26. The van der Waals surface area contributed by atoms with Crippen LogP contribution >= 0.6 is 0 Å². The first kappa shape index (κ1) is 8.48. The van der Waals surface area contributed by atoms with Gasteiger partial charge >= 0.3 is 0 Å². The Morgan fingerprint density at radius 1 is 1.50 bits per heavy atom. The molecule has 0 aliphatic carbocycles. The summed E-state index contributed by atoms with van der Waals surface area (Å²) >= 11 is 0. The Bertz CT molecular complexity index is 166. The number of nitrogens with zero attached hydrogens (tertiary/aromatic N) is 1. The molecule has 12 heavy (non-hydrogen) atoms. The first-order chi connectivity index (χ1) is 5.68. The lowest BCUT2D eigenvalue weighted by atomic mass is 10.0. The Morgan fingerprint density at radius 3 is 2.83 bits per heavy atom. The molecule has 2 saturated heterocycles. The average Bonchev–Trinajstić information content (AvgIpc) is 2.77. The predicted molar refractivity (Wildman–Crippen MR) is 46.2 cm³/mol. The molecular formula is C9H17NO2. The summed E-state index contributed by atoms with van der Waals surface area (Å²) in [5.74, 6) is 0. The third-order valence-corrected chi connectivity index (χ3v) is 2.64. The smallest absolute Gasteiger partial charge is 0.0936 e. The molecule has 1 atom stereocenters. The van der Waals surface area contributed by atoms with Crippen LogP contribution in [0.5, 0.6) is 0 Å². The van der Waals surface area contributed by atoms with E-state index in [1.54, 1.807) is 0 Å². The number of rotatable bonds is 2. The summed E-state index contributed by atoms with van der Waals surface area (Å²) in [5.41, 5.74) is 0.199. The Labute approximate surface area is 73.6 Å². The largest absolute Gasteiger partial charge is 0.378 e. The van der Waals surface area contributed by atoms with E-state index >= 15 is 0 Å². The van der Waals surface area contributed by atoms with E-state index in [2.05, 4.69) is 18.7 Å². The fraction of sp³-hybridized carbons (Fsp3) is 1.00. The predicted octanol–water partition coefficient (Wildman–Crippen LogP) is 0.496. The van der Waals surface area contributed by atoms with Gasteiger partial charge in [-0.2, -0.15) is 0 Å². The molecule has 0 radical (unpaired) electrons. The first-order valence-electron chi connectivity index (χ1n) is 4.63. The molecule has 0 saturated carbocycles. The monoisotopic (exact) mass is 171 g/mol. The van der Waals surface area contributed by atoms with Crippen molar-refractivity contribution in [1.29, 1.82) is 0 Å². The van der Waals surface area contributed by atoms with E-state index in [1.165, 1.54) is 0 Å². The highest BCUT2D eigenvalue weighted by Crippen LogP contribution is 2.22. The lowest BCUT2D eigenvalue weighted by Gasteiger charge is -2.41. The average molecular weight is 171 g/mol. The molecule has 0 bridgehead atoms. The number of hydrogen-bond acceptors (Lipinski definition) is 3. The van der Waals surface area contributed by atoms with Crippen molar-refractivity contribution in [3.05, 3.63) is 0 Å². The molecule has 0 aromatic carbocycles. The van der Waals surface area contributed by atoms with Crippen molar-refractivity contribution in [3.63, 3.8) is 0 Å². The topological polar surface area (TPSA) is 25.0 Å². The summed E-state index contributed by atoms with van der Waals surface area (Å²) in [7, 11) is 0. The van der Waals surface area contributed by atoms with Gasteiger partial charge in [0.05, 0.1) is 25.9 Å². The number of epoxide rings is 1. The van der Waals surface area contributed by atoms with Gasteiger partial charge in [0.2, 0.25) is 0 Å². The standard InChI is InChI=1S/C9H17NO2/c1-9(2)7-11-4-3-10(9)5-8-6-12-8/h8H,3-7H2,1-2H3. The molecule has 2 heterocycles. The summed E-state index contributed by atoms with van der Waals surface area (Å²) in [6, 6.07) is 0. The van der Waals surface area contributed by atoms with Crippen LogP contribution in [0.15, 0.2) is 0 Å². The maximum atomic E-state index is 5.43. The molecular weight excluding hydrogens is 154 g/mol. The molecule has 1 unspecified atom stereocenters. The van der Waals surface area contributed by atoms with Crippen LogP contribution in [0.1, 0.15) is 13.8 Å². The number of hydrogen-bond donors (Lipinski definition) is 0. The minimum absolute atomic E-state index is 0.199. The van der Waals surface area contributed by atoms with Crippen LogP contribution in [0.2, 0.25) is 0 Å². The maximum Gasteiger partial charge on any atom is 0.0936 e. The molecule has 3 nitrogen and oxygen atoms in total. The van der Waals surface area contributed by atoms with E-state index in [1.807, 2.05) is 0 Å². The lowest BCUT2D eigenvalue weighted by Crippen LogP contribution is -2.54. The molecule has 0 spiro atoms. The molecule has 70 valence electrons. The summed E-state index contributed by atoms with van der Waals surface area (Å²) in [5, 5.41) is 0. The molecule has 0 N–H and O–H groups in total. The van der Waals surface area contributed by atoms with Crippen molar-refractivity contribution >= 4 is 0 Å². The molecule has 2 aliphatic rings. The SMILES string of the molecule is CC1(C)COCCN1CC1CO1. The van der Waals surface area contributed by atoms with E-state index in [-0.39, 0.29) is 5.54 Å². The minimum Gasteiger partial charge on any atom is -0.378 e. The summed E-state index contributed by atoms with van der Waals surface area (Å²) in [6.07, 6.45) is 0.502. The minimum atomic E-state index is 0.199. The maximum absolute atomic E-state index is 5.43. The third-order valence-electron chi connectivity index (χ3n) is 2.64. The van der Waals surface area contributed by atoms with Crippen LogP contribution < -0.4 is 0 Å². The van der Waals surface area contributed by atoms with Gasteiger partial charge in [-0.15, -0.1) is 0 Å². The fourth-order valence-corrected chi connectivity index (χ4v) is 1.65. The van der Waals surface area contributed by atoms with E-state index in [9.17, 15) is 0 Å². The van der Waals surface area contributed by atoms with Crippen molar-refractivity contribution in [1.82, 2.24) is 4.90 Å². The summed E-state index contributed by atoms with van der Waals surface area (Å²) < 4.78 is 10.7. The van der Waals surface area contributed by atoms with Gasteiger partial charge in [0.1, 0.15) is 0 Å². The van der Waals surface area contributed by atoms with Gasteiger partial charge in [-0.05, 0) is 13.8 Å². The Hall–Kier alpha value is -0.120. The van der Waals surface area contributed by atoms with Crippen LogP contribution in [0.3, 0.4) is 0 Å². The highest BCUT2D eigenvalue weighted by molar-refractivity contribution is 4.88. The Kier molecular flexibility index (Phi) is 2.10. The molecule has 0 aromatic rings. The molecule has 2 rings (SSSR count). The number of morpholine rings is 1.